The molecule has 9 heteroatoms. The molecule has 156 valence electrons. The third-order valence-corrected chi connectivity index (χ3v) is 4.89. The van der Waals surface area contributed by atoms with Crippen molar-refractivity contribution < 1.29 is 4.74 Å². The summed E-state index contributed by atoms with van der Waals surface area (Å²) >= 11 is 0. The molecule has 1 N–H and O–H groups in total. The number of para-hydroxylation sites is 1. The van der Waals surface area contributed by atoms with E-state index in [1.165, 1.54) is 6.33 Å². The number of nitrogens with zero attached hydrogens (tertiary/aromatic N) is 6. The maximum atomic E-state index is 12.9. The van der Waals surface area contributed by atoms with E-state index in [2.05, 4.69) is 34.0 Å². The standard InChI is InChI=1S/C21H25N7O2/c1-4-8-15-18-19(26-28(15)12-17-22-13-23-27(17)3)21(29)25-20(24-18)14-9-6-7-10-16(14)30-11-5-2/h6-7,9-10,13H,4-5,8,11-12H2,1-3H3,(H,24,25,29). The fourth-order valence-corrected chi connectivity index (χ4v) is 3.40. The highest BCUT2D eigenvalue weighted by Crippen LogP contribution is 2.28. The highest BCUT2D eigenvalue weighted by Gasteiger charge is 2.19. The molecular weight excluding hydrogens is 382 g/mol. The van der Waals surface area contributed by atoms with Gasteiger partial charge in [-0.2, -0.15) is 10.2 Å². The third-order valence-electron chi connectivity index (χ3n) is 4.89. The summed E-state index contributed by atoms with van der Waals surface area (Å²) in [6, 6.07) is 7.60. The number of benzene rings is 1. The van der Waals surface area contributed by atoms with Gasteiger partial charge in [0.25, 0.3) is 5.56 Å². The molecule has 0 fully saturated rings. The highest BCUT2D eigenvalue weighted by atomic mass is 16.5. The van der Waals surface area contributed by atoms with E-state index >= 15 is 0 Å². The van der Waals surface area contributed by atoms with E-state index in [0.717, 1.165) is 36.3 Å². The van der Waals surface area contributed by atoms with Gasteiger partial charge in [0, 0.05) is 7.05 Å². The van der Waals surface area contributed by atoms with Crippen molar-refractivity contribution in [1.82, 2.24) is 34.5 Å². The van der Waals surface area contributed by atoms with Gasteiger partial charge in [-0.15, -0.1) is 0 Å². The second kappa shape index (κ2) is 8.48. The predicted octanol–water partition coefficient (Wildman–Crippen LogP) is 2.70. The van der Waals surface area contributed by atoms with Gasteiger partial charge in [-0.1, -0.05) is 32.4 Å². The van der Waals surface area contributed by atoms with Crippen LogP contribution in [0.15, 0.2) is 35.4 Å². The number of H-pyrrole nitrogens is 1. The zero-order valence-electron chi connectivity index (χ0n) is 17.4. The molecule has 0 atom stereocenters. The number of ether oxygens (including phenoxy) is 1. The van der Waals surface area contributed by atoms with E-state index in [-0.39, 0.29) is 5.56 Å². The molecule has 0 aliphatic carbocycles. The Morgan fingerprint density at radius 1 is 1.13 bits per heavy atom. The van der Waals surface area contributed by atoms with Crippen LogP contribution in [0.4, 0.5) is 0 Å². The predicted molar refractivity (Wildman–Crippen MR) is 113 cm³/mol. The largest absolute Gasteiger partial charge is 0.493 e. The molecule has 0 aliphatic rings. The lowest BCUT2D eigenvalue weighted by atomic mass is 10.1. The number of nitrogens with one attached hydrogen (secondary N) is 1. The van der Waals surface area contributed by atoms with Crippen molar-refractivity contribution >= 4 is 11.0 Å². The Morgan fingerprint density at radius 3 is 2.70 bits per heavy atom. The molecule has 3 aromatic heterocycles. The van der Waals surface area contributed by atoms with Crippen LogP contribution in [0.25, 0.3) is 22.4 Å². The SMILES string of the molecule is CCCOc1ccccc1-c1nc2c(CCC)n(Cc3ncnn3C)nc2c(=O)[nH]1. The molecule has 0 bridgehead atoms. The number of fused-ring (bicyclic) bond motifs is 1. The molecule has 9 nitrogen and oxygen atoms in total. The molecule has 0 aliphatic heterocycles. The number of aromatic amines is 1. The zero-order valence-corrected chi connectivity index (χ0v) is 17.4. The van der Waals surface area contributed by atoms with Crippen LogP contribution in [-0.4, -0.2) is 41.1 Å². The molecule has 4 aromatic rings. The van der Waals surface area contributed by atoms with Crippen molar-refractivity contribution in [3.8, 4) is 17.1 Å². The Hall–Kier alpha value is -3.49. The molecule has 0 unspecified atom stereocenters. The topological polar surface area (TPSA) is 104 Å². The minimum atomic E-state index is -0.269. The van der Waals surface area contributed by atoms with E-state index in [1.54, 1.807) is 4.68 Å². The Bertz CT molecular complexity index is 1220. The lowest BCUT2D eigenvalue weighted by Crippen LogP contribution is -2.11. The minimum Gasteiger partial charge on any atom is -0.493 e. The molecule has 0 saturated carbocycles. The molecule has 0 spiro atoms. The van der Waals surface area contributed by atoms with Crippen LogP contribution >= 0.6 is 0 Å². The Labute approximate surface area is 173 Å². The monoisotopic (exact) mass is 407 g/mol. The van der Waals surface area contributed by atoms with Crippen LogP contribution in [0.2, 0.25) is 0 Å². The first-order valence-electron chi connectivity index (χ1n) is 10.2. The fourth-order valence-electron chi connectivity index (χ4n) is 3.40. The normalized spacial score (nSPS) is 11.3. The second-order valence-electron chi connectivity index (χ2n) is 7.11. The maximum Gasteiger partial charge on any atom is 0.279 e. The summed E-state index contributed by atoms with van der Waals surface area (Å²) in [7, 11) is 1.83. The summed E-state index contributed by atoms with van der Waals surface area (Å²) in [6.07, 6.45) is 4.05. The molecule has 4 rings (SSSR count). The Kier molecular flexibility index (Phi) is 5.60. The maximum absolute atomic E-state index is 12.9. The average molecular weight is 407 g/mol. The van der Waals surface area contributed by atoms with Crippen LogP contribution in [0.1, 0.15) is 38.2 Å². The van der Waals surface area contributed by atoms with Gasteiger partial charge < -0.3 is 9.72 Å². The number of hydrogen-bond acceptors (Lipinski definition) is 6. The fraction of sp³-hybridized carbons (Fsp3) is 0.381. The summed E-state index contributed by atoms with van der Waals surface area (Å²) in [4.78, 5) is 24.9. The van der Waals surface area contributed by atoms with Gasteiger partial charge in [-0.3, -0.25) is 14.2 Å². The smallest absolute Gasteiger partial charge is 0.279 e. The van der Waals surface area contributed by atoms with E-state index in [9.17, 15) is 4.79 Å². The van der Waals surface area contributed by atoms with Crippen LogP contribution in [-0.2, 0) is 20.0 Å². The lowest BCUT2D eigenvalue weighted by Gasteiger charge is -2.10. The van der Waals surface area contributed by atoms with Gasteiger partial charge >= 0.3 is 0 Å². The third kappa shape index (κ3) is 3.70. The van der Waals surface area contributed by atoms with Crippen LogP contribution < -0.4 is 10.3 Å². The molecule has 0 radical (unpaired) electrons. The second-order valence-corrected chi connectivity index (χ2v) is 7.11. The van der Waals surface area contributed by atoms with Gasteiger partial charge in [0.2, 0.25) is 0 Å². The van der Waals surface area contributed by atoms with Crippen LogP contribution in [0.5, 0.6) is 5.75 Å². The van der Waals surface area contributed by atoms with Gasteiger partial charge in [-0.05, 0) is 25.0 Å². The molecule has 0 saturated heterocycles. The van der Waals surface area contributed by atoms with Gasteiger partial charge in [0.1, 0.15) is 35.8 Å². The average Bonchev–Trinajstić information content (AvgIpc) is 3.31. The van der Waals surface area contributed by atoms with Crippen molar-refractivity contribution in [2.45, 2.75) is 39.7 Å². The van der Waals surface area contributed by atoms with Crippen LogP contribution in [0.3, 0.4) is 0 Å². The lowest BCUT2D eigenvalue weighted by molar-refractivity contribution is 0.318. The summed E-state index contributed by atoms with van der Waals surface area (Å²) in [6.45, 7) is 5.16. The highest BCUT2D eigenvalue weighted by molar-refractivity contribution is 5.79. The first-order valence-corrected chi connectivity index (χ1v) is 10.2. The van der Waals surface area contributed by atoms with Crippen molar-refractivity contribution in [2.24, 2.45) is 7.05 Å². The molecular formula is C21H25N7O2. The Balaban J connectivity index is 1.85. The van der Waals surface area contributed by atoms with E-state index in [4.69, 9.17) is 9.72 Å². The molecule has 30 heavy (non-hydrogen) atoms. The van der Waals surface area contributed by atoms with Crippen molar-refractivity contribution in [3.05, 3.63) is 52.5 Å². The number of hydrogen-bond donors (Lipinski definition) is 1. The van der Waals surface area contributed by atoms with Crippen molar-refractivity contribution in [3.63, 3.8) is 0 Å². The van der Waals surface area contributed by atoms with Gasteiger partial charge in [-0.25, -0.2) is 9.97 Å². The number of aryl methyl sites for hydroxylation is 2. The van der Waals surface area contributed by atoms with Crippen LogP contribution in [0, 0.1) is 0 Å². The summed E-state index contributed by atoms with van der Waals surface area (Å²) < 4.78 is 9.37. The van der Waals surface area contributed by atoms with Crippen molar-refractivity contribution in [2.75, 3.05) is 6.61 Å². The minimum absolute atomic E-state index is 0.269. The summed E-state index contributed by atoms with van der Waals surface area (Å²) in [5.41, 5.74) is 2.34. The van der Waals surface area contributed by atoms with Gasteiger partial charge in [0.15, 0.2) is 5.52 Å². The summed E-state index contributed by atoms with van der Waals surface area (Å²) in [5, 5.41) is 8.67. The Morgan fingerprint density at radius 2 is 1.97 bits per heavy atom. The zero-order chi connectivity index (χ0) is 21.1. The van der Waals surface area contributed by atoms with E-state index in [0.29, 0.717) is 35.8 Å². The molecule has 1 aromatic carbocycles. The summed E-state index contributed by atoms with van der Waals surface area (Å²) in [5.74, 6) is 1.94. The molecule has 3 heterocycles. The first-order chi connectivity index (χ1) is 14.6. The number of aromatic nitrogens is 7. The van der Waals surface area contributed by atoms with E-state index < -0.39 is 0 Å². The van der Waals surface area contributed by atoms with E-state index in [1.807, 2.05) is 36.0 Å². The molecule has 0 amide bonds. The first kappa shape index (κ1) is 19.8. The van der Waals surface area contributed by atoms with Crippen molar-refractivity contribution in [1.29, 1.82) is 0 Å². The van der Waals surface area contributed by atoms with Gasteiger partial charge in [0.05, 0.1) is 17.9 Å². The number of rotatable bonds is 8. The quantitative estimate of drug-likeness (QED) is 0.482.